The van der Waals surface area contributed by atoms with E-state index in [0.29, 0.717) is 0 Å². The zero-order valence-corrected chi connectivity index (χ0v) is 15.3. The summed E-state index contributed by atoms with van der Waals surface area (Å²) in [7, 11) is 0. The molecule has 2 aromatic carbocycles. The van der Waals surface area contributed by atoms with E-state index in [9.17, 15) is 0 Å². The van der Waals surface area contributed by atoms with Gasteiger partial charge in [-0.15, -0.1) is 0 Å². The number of unbranched alkanes of at least 4 members (excludes halogenated alkanes) is 1. The maximum absolute atomic E-state index is 3.60. The molecule has 0 nitrogen and oxygen atoms in total. The van der Waals surface area contributed by atoms with Gasteiger partial charge >= 0.3 is 0 Å². The zero-order valence-electron chi connectivity index (χ0n) is 10.2. The molecule has 17 heavy (non-hydrogen) atoms. The van der Waals surface area contributed by atoms with Crippen LogP contribution in [0.4, 0.5) is 0 Å². The first-order chi connectivity index (χ1) is 6.91. The van der Waals surface area contributed by atoms with Crippen molar-refractivity contribution in [2.45, 2.75) is 19.8 Å². The summed E-state index contributed by atoms with van der Waals surface area (Å²) in [6, 6.07) is 20.0. The summed E-state index contributed by atoms with van der Waals surface area (Å²) in [6.45, 7) is 5.72. The Labute approximate surface area is 137 Å². The summed E-state index contributed by atoms with van der Waals surface area (Å²) in [5, 5.41) is 0. The Morgan fingerprint density at radius 1 is 0.824 bits per heavy atom. The van der Waals surface area contributed by atoms with Gasteiger partial charge in [0.2, 0.25) is 0 Å². The number of hydrogen-bond donors (Lipinski definition) is 0. The molecule has 0 atom stereocenters. The molecule has 2 aromatic rings. The summed E-state index contributed by atoms with van der Waals surface area (Å²) in [4.78, 5) is 0. The quantitative estimate of drug-likeness (QED) is 0.375. The van der Waals surface area contributed by atoms with Crippen LogP contribution in [0.3, 0.4) is 0 Å². The van der Waals surface area contributed by atoms with Gasteiger partial charge in [0.15, 0.2) is 0 Å². The molecule has 0 spiro atoms. The van der Waals surface area contributed by atoms with Crippen molar-refractivity contribution in [3.63, 3.8) is 0 Å². The summed E-state index contributed by atoms with van der Waals surface area (Å²) >= 11 is 0. The minimum atomic E-state index is 0. The van der Waals surface area contributed by atoms with Crippen LogP contribution < -0.4 is 24.8 Å². The Morgan fingerprint density at radius 2 is 1.06 bits per heavy atom. The maximum Gasteiger partial charge on any atom is 0 e. The number of rotatable bonds is 1. The molecule has 0 saturated carbocycles. The molecule has 0 amide bonds. The van der Waals surface area contributed by atoms with Crippen molar-refractivity contribution in [3.8, 4) is 0 Å². The fourth-order valence-electron chi connectivity index (χ4n) is 0.642. The van der Waals surface area contributed by atoms with Gasteiger partial charge in [-0.05, 0) is 0 Å². The first-order valence-corrected chi connectivity index (χ1v) is 5.04. The smallest absolute Gasteiger partial charge is 0 e. The van der Waals surface area contributed by atoms with E-state index in [4.69, 9.17) is 0 Å². The maximum atomic E-state index is 3.60. The van der Waals surface area contributed by atoms with E-state index >= 15 is 0 Å². The van der Waals surface area contributed by atoms with Crippen LogP contribution in [0.1, 0.15) is 19.8 Å². The van der Waals surface area contributed by atoms with Gasteiger partial charge in [-0.2, -0.15) is 42.8 Å². The molecule has 0 aliphatic carbocycles. The zero-order chi connectivity index (χ0) is 10.5. The summed E-state index contributed by atoms with van der Waals surface area (Å²) in [5.74, 6) is 0. The van der Waals surface area contributed by atoms with Crippen molar-refractivity contribution in [2.75, 3.05) is 0 Å². The first-order valence-electron chi connectivity index (χ1n) is 5.04. The summed E-state index contributed by atoms with van der Waals surface area (Å²) in [5.41, 5.74) is 0. The molecule has 0 aliphatic heterocycles. The average Bonchev–Trinajstić information content (AvgIpc) is 2.94. The Balaban J connectivity index is -0.0000000692. The minimum Gasteiger partial charge on any atom is -1.00 e. The average molecular weight is 437 g/mol. The van der Waals surface area contributed by atoms with Gasteiger partial charge in [-0.1, -0.05) is 13.3 Å². The van der Waals surface area contributed by atoms with E-state index in [1.807, 2.05) is 60.7 Å². The van der Waals surface area contributed by atoms with Crippen molar-refractivity contribution < 1.29 is 50.7 Å². The fraction of sp³-hybridized carbons (Fsp3) is 0.214. The van der Waals surface area contributed by atoms with Crippen LogP contribution in [0, 0.1) is 6.92 Å². The Bertz CT molecular complexity index is 176. The van der Waals surface area contributed by atoms with Crippen molar-refractivity contribution >= 4 is 0 Å². The summed E-state index contributed by atoms with van der Waals surface area (Å²) in [6.07, 6.45) is 2.28. The monoisotopic (exact) mass is 437 g/mol. The summed E-state index contributed by atoms with van der Waals surface area (Å²) < 4.78 is 0. The SMILES string of the molecule is [CH2-]CCC.[Cl-].[Cl-].[Hf].c1cc[cH-]c1.c1cc[cH-]c1. The van der Waals surface area contributed by atoms with Crippen molar-refractivity contribution in [1.82, 2.24) is 0 Å². The molecule has 0 bridgehead atoms. The molecule has 0 saturated heterocycles. The van der Waals surface area contributed by atoms with Crippen LogP contribution >= 0.6 is 0 Å². The van der Waals surface area contributed by atoms with Gasteiger partial charge < -0.3 is 31.7 Å². The van der Waals surface area contributed by atoms with Crippen LogP contribution in [0.15, 0.2) is 60.7 Å². The molecule has 0 heterocycles. The molecule has 0 aromatic heterocycles. The molecule has 0 N–H and O–H groups in total. The predicted molar refractivity (Wildman–Crippen MR) is 64.3 cm³/mol. The third kappa shape index (κ3) is 26.0. The van der Waals surface area contributed by atoms with Crippen molar-refractivity contribution in [3.05, 3.63) is 67.6 Å². The molecule has 98 valence electrons. The van der Waals surface area contributed by atoms with Gasteiger partial charge in [-0.3, -0.25) is 0 Å². The van der Waals surface area contributed by atoms with Crippen LogP contribution in [0.2, 0.25) is 0 Å². The second-order valence-corrected chi connectivity index (χ2v) is 2.78. The van der Waals surface area contributed by atoms with E-state index in [1.165, 1.54) is 6.42 Å². The Hall–Kier alpha value is 0.150. The van der Waals surface area contributed by atoms with Crippen LogP contribution in [-0.4, -0.2) is 0 Å². The Morgan fingerprint density at radius 3 is 1.12 bits per heavy atom. The van der Waals surface area contributed by atoms with E-state index in [-0.39, 0.29) is 50.7 Å². The van der Waals surface area contributed by atoms with Crippen LogP contribution in [-0.2, 0) is 25.8 Å². The van der Waals surface area contributed by atoms with E-state index in [2.05, 4.69) is 13.8 Å². The molecule has 0 fully saturated rings. The fourth-order valence-corrected chi connectivity index (χ4v) is 0.642. The van der Waals surface area contributed by atoms with E-state index < -0.39 is 0 Å². The molecular weight excluding hydrogens is 418 g/mol. The predicted octanol–water partition coefficient (Wildman–Crippen LogP) is -1.56. The van der Waals surface area contributed by atoms with Crippen molar-refractivity contribution in [2.24, 2.45) is 0 Å². The molecular formula is C14H19Cl2Hf-5. The van der Waals surface area contributed by atoms with Crippen LogP contribution in [0.25, 0.3) is 0 Å². The minimum absolute atomic E-state index is 0. The topological polar surface area (TPSA) is 0 Å². The van der Waals surface area contributed by atoms with E-state index in [1.54, 1.807) is 0 Å². The first kappa shape index (κ1) is 25.9. The van der Waals surface area contributed by atoms with Gasteiger partial charge in [0.25, 0.3) is 0 Å². The van der Waals surface area contributed by atoms with Crippen LogP contribution in [0.5, 0.6) is 0 Å². The van der Waals surface area contributed by atoms with Gasteiger partial charge in [-0.25, -0.2) is 24.3 Å². The molecule has 0 radical (unpaired) electrons. The van der Waals surface area contributed by atoms with E-state index in [0.717, 1.165) is 6.42 Å². The third-order valence-electron chi connectivity index (χ3n) is 1.46. The molecule has 2 rings (SSSR count). The molecule has 3 heteroatoms. The normalized spacial score (nSPS) is 6.47. The number of hydrogen-bond acceptors (Lipinski definition) is 0. The second-order valence-electron chi connectivity index (χ2n) is 2.78. The van der Waals surface area contributed by atoms with Crippen molar-refractivity contribution in [1.29, 1.82) is 0 Å². The number of halogens is 2. The van der Waals surface area contributed by atoms with Gasteiger partial charge in [0, 0.05) is 25.8 Å². The van der Waals surface area contributed by atoms with Gasteiger partial charge in [0.1, 0.15) is 0 Å². The van der Waals surface area contributed by atoms with Gasteiger partial charge in [0.05, 0.1) is 0 Å². The largest absolute Gasteiger partial charge is 1.00 e. The second kappa shape index (κ2) is 25.1. The third-order valence-corrected chi connectivity index (χ3v) is 1.46. The molecule has 0 aliphatic rings. The standard InChI is InChI=1S/2C5H5.C4H9.2ClH.Hf/c2*1-2-4-5-3-1;1-3-4-2;;;/h2*1-5H;1,3-4H2,2H3;2*1H;/q3*-1;;;/p-2. The Kier molecular flexibility index (Phi) is 38.2. The molecule has 0 unspecified atom stereocenters.